The molecule has 0 heterocycles. The standard InChI is InChI=1S/C7H11O/c8-7-3-1-6(5-7)2-4-7/h8H,1-5H2. The Balaban J connectivity index is 2.19. The molecule has 2 aliphatic rings. The van der Waals surface area contributed by atoms with E-state index in [1.165, 1.54) is 12.8 Å². The van der Waals surface area contributed by atoms with Crippen LogP contribution in [0, 0.1) is 5.92 Å². The fourth-order valence-electron chi connectivity index (χ4n) is 1.89. The first kappa shape index (κ1) is 4.80. The molecule has 1 N–H and O–H groups in total. The van der Waals surface area contributed by atoms with E-state index in [9.17, 15) is 5.11 Å². The summed E-state index contributed by atoms with van der Waals surface area (Å²) in [4.78, 5) is 0. The van der Waals surface area contributed by atoms with Crippen molar-refractivity contribution >= 4 is 0 Å². The summed E-state index contributed by atoms with van der Waals surface area (Å²) in [6, 6.07) is 0. The Kier molecular flexibility index (Phi) is 0.762. The predicted molar refractivity (Wildman–Crippen MR) is 31.3 cm³/mol. The molecular weight excluding hydrogens is 100 g/mol. The van der Waals surface area contributed by atoms with Gasteiger partial charge in [-0.1, -0.05) is 0 Å². The average Bonchev–Trinajstić information content (AvgIpc) is 2.21. The van der Waals surface area contributed by atoms with Gasteiger partial charge in [-0.25, -0.2) is 0 Å². The summed E-state index contributed by atoms with van der Waals surface area (Å²) in [6.07, 6.45) is 5.52. The molecule has 2 saturated carbocycles. The first-order valence-electron chi connectivity index (χ1n) is 3.34. The maximum atomic E-state index is 9.52. The van der Waals surface area contributed by atoms with Crippen LogP contribution < -0.4 is 0 Å². The molecule has 0 spiro atoms. The van der Waals surface area contributed by atoms with Crippen LogP contribution in [0.5, 0.6) is 0 Å². The van der Waals surface area contributed by atoms with Crippen LogP contribution in [-0.2, 0) is 0 Å². The highest BCUT2D eigenvalue weighted by Crippen LogP contribution is 2.48. The van der Waals surface area contributed by atoms with Gasteiger partial charge in [-0.15, -0.1) is 0 Å². The molecule has 2 fully saturated rings. The Morgan fingerprint density at radius 1 is 1.25 bits per heavy atom. The van der Waals surface area contributed by atoms with Crippen LogP contribution in [-0.4, -0.2) is 10.7 Å². The third kappa shape index (κ3) is 0.510. The molecule has 1 radical (unpaired) electrons. The molecule has 2 aliphatic carbocycles. The van der Waals surface area contributed by atoms with E-state index >= 15 is 0 Å². The fourth-order valence-corrected chi connectivity index (χ4v) is 1.89. The lowest BCUT2D eigenvalue weighted by molar-refractivity contribution is 0.0521. The third-order valence-electron chi connectivity index (χ3n) is 2.47. The first-order chi connectivity index (χ1) is 3.79. The minimum Gasteiger partial charge on any atom is -0.390 e. The summed E-state index contributed by atoms with van der Waals surface area (Å²) < 4.78 is 0. The molecule has 0 atom stereocenters. The summed E-state index contributed by atoms with van der Waals surface area (Å²) in [6.45, 7) is 0. The van der Waals surface area contributed by atoms with Crippen LogP contribution in [0.3, 0.4) is 0 Å². The van der Waals surface area contributed by atoms with Gasteiger partial charge in [0, 0.05) is 0 Å². The molecule has 2 rings (SSSR count). The second-order valence-electron chi connectivity index (χ2n) is 3.15. The van der Waals surface area contributed by atoms with E-state index in [0.29, 0.717) is 0 Å². The molecule has 8 heavy (non-hydrogen) atoms. The van der Waals surface area contributed by atoms with Crippen molar-refractivity contribution in [2.75, 3.05) is 0 Å². The highest BCUT2D eigenvalue weighted by Gasteiger charge is 2.43. The lowest BCUT2D eigenvalue weighted by Crippen LogP contribution is -2.20. The van der Waals surface area contributed by atoms with Crippen molar-refractivity contribution in [2.24, 2.45) is 0 Å². The van der Waals surface area contributed by atoms with Gasteiger partial charge in [0.25, 0.3) is 0 Å². The SMILES string of the molecule is OC12CC[C](CC1)C2. The third-order valence-corrected chi connectivity index (χ3v) is 2.47. The Hall–Kier alpha value is -0.0400. The minimum atomic E-state index is -0.227. The van der Waals surface area contributed by atoms with E-state index < -0.39 is 0 Å². The maximum Gasteiger partial charge on any atom is 0.0653 e. The zero-order valence-electron chi connectivity index (χ0n) is 4.98. The van der Waals surface area contributed by atoms with Gasteiger partial charge in [0.05, 0.1) is 5.60 Å². The molecule has 1 nitrogen and oxygen atoms in total. The van der Waals surface area contributed by atoms with Crippen LogP contribution in [0.1, 0.15) is 32.1 Å². The summed E-state index contributed by atoms with van der Waals surface area (Å²) in [7, 11) is 0. The molecule has 0 aromatic heterocycles. The molecule has 45 valence electrons. The van der Waals surface area contributed by atoms with E-state index in [1.54, 1.807) is 5.92 Å². The molecule has 0 unspecified atom stereocenters. The first-order valence-corrected chi connectivity index (χ1v) is 3.34. The average molecular weight is 111 g/mol. The summed E-state index contributed by atoms with van der Waals surface area (Å²) in [5.41, 5.74) is -0.227. The van der Waals surface area contributed by atoms with Crippen LogP contribution in [0.2, 0.25) is 0 Å². The van der Waals surface area contributed by atoms with E-state index in [4.69, 9.17) is 0 Å². The summed E-state index contributed by atoms with van der Waals surface area (Å²) in [5.74, 6) is 1.60. The van der Waals surface area contributed by atoms with Crippen LogP contribution in [0.4, 0.5) is 0 Å². The fraction of sp³-hybridized carbons (Fsp3) is 0.857. The lowest BCUT2D eigenvalue weighted by Gasteiger charge is -2.17. The Morgan fingerprint density at radius 3 is 2.00 bits per heavy atom. The lowest BCUT2D eigenvalue weighted by atomic mass is 9.98. The van der Waals surface area contributed by atoms with Gasteiger partial charge < -0.3 is 5.11 Å². The van der Waals surface area contributed by atoms with Crippen molar-refractivity contribution in [2.45, 2.75) is 37.7 Å². The van der Waals surface area contributed by atoms with Gasteiger partial charge in [-0.2, -0.15) is 0 Å². The van der Waals surface area contributed by atoms with Crippen LogP contribution in [0.15, 0.2) is 0 Å². The smallest absolute Gasteiger partial charge is 0.0653 e. The van der Waals surface area contributed by atoms with E-state index in [2.05, 4.69) is 0 Å². The van der Waals surface area contributed by atoms with Crippen LogP contribution in [0.25, 0.3) is 0 Å². The molecule has 0 amide bonds. The number of hydrogen-bond donors (Lipinski definition) is 1. The topological polar surface area (TPSA) is 20.2 Å². The molecule has 0 aromatic rings. The Morgan fingerprint density at radius 2 is 1.88 bits per heavy atom. The van der Waals surface area contributed by atoms with Crippen molar-refractivity contribution in [3.05, 3.63) is 5.92 Å². The highest BCUT2D eigenvalue weighted by atomic mass is 16.3. The zero-order chi connectivity index (χ0) is 5.61. The van der Waals surface area contributed by atoms with Gasteiger partial charge in [0.2, 0.25) is 0 Å². The van der Waals surface area contributed by atoms with Crippen molar-refractivity contribution < 1.29 is 5.11 Å². The van der Waals surface area contributed by atoms with Gasteiger partial charge in [-0.05, 0) is 38.0 Å². The molecule has 0 aliphatic heterocycles. The highest BCUT2D eigenvalue weighted by molar-refractivity contribution is 5.12. The second-order valence-corrected chi connectivity index (χ2v) is 3.15. The number of rotatable bonds is 0. The van der Waals surface area contributed by atoms with Gasteiger partial charge in [0.1, 0.15) is 0 Å². The normalized spacial score (nSPS) is 34.1. The quantitative estimate of drug-likeness (QED) is 0.499. The maximum absolute atomic E-state index is 9.52. The van der Waals surface area contributed by atoms with Crippen molar-refractivity contribution in [1.29, 1.82) is 0 Å². The molecule has 1 heteroatoms. The summed E-state index contributed by atoms with van der Waals surface area (Å²) in [5, 5.41) is 9.52. The van der Waals surface area contributed by atoms with E-state index in [-0.39, 0.29) is 5.60 Å². The molecule has 0 aromatic carbocycles. The van der Waals surface area contributed by atoms with E-state index in [1.807, 2.05) is 0 Å². The second kappa shape index (κ2) is 1.27. The zero-order valence-corrected chi connectivity index (χ0v) is 4.98. The number of aliphatic hydroxyl groups is 1. The largest absolute Gasteiger partial charge is 0.390 e. The minimum absolute atomic E-state index is 0.227. The van der Waals surface area contributed by atoms with Crippen LogP contribution >= 0.6 is 0 Å². The number of hydrogen-bond acceptors (Lipinski definition) is 1. The van der Waals surface area contributed by atoms with Gasteiger partial charge >= 0.3 is 0 Å². The predicted octanol–water partition coefficient (Wildman–Crippen LogP) is 1.27. The molecule has 2 bridgehead atoms. The van der Waals surface area contributed by atoms with Crippen molar-refractivity contribution in [3.63, 3.8) is 0 Å². The Labute approximate surface area is 49.7 Å². The van der Waals surface area contributed by atoms with Gasteiger partial charge in [-0.3, -0.25) is 0 Å². The summed E-state index contributed by atoms with van der Waals surface area (Å²) >= 11 is 0. The Bertz CT molecular complexity index is 101. The molecule has 0 saturated heterocycles. The van der Waals surface area contributed by atoms with E-state index in [0.717, 1.165) is 19.3 Å². The number of fused-ring (bicyclic) bond motifs is 2. The van der Waals surface area contributed by atoms with Gasteiger partial charge in [0.15, 0.2) is 0 Å². The molecular formula is C7H11O. The van der Waals surface area contributed by atoms with Crippen molar-refractivity contribution in [3.8, 4) is 0 Å². The monoisotopic (exact) mass is 111 g/mol. The van der Waals surface area contributed by atoms with Crippen molar-refractivity contribution in [1.82, 2.24) is 0 Å².